The number of methoxy groups -OCH3 is 1. The molecule has 7 nitrogen and oxygen atoms in total. The van der Waals surface area contributed by atoms with Crippen molar-refractivity contribution < 1.29 is 19.0 Å². The molecule has 0 bridgehead atoms. The summed E-state index contributed by atoms with van der Waals surface area (Å²) in [6.07, 6.45) is 3.18. The monoisotopic (exact) mass is 343 g/mol. The molecule has 1 saturated heterocycles. The first-order valence-corrected chi connectivity index (χ1v) is 8.24. The van der Waals surface area contributed by atoms with Crippen molar-refractivity contribution in [3.63, 3.8) is 0 Å². The third-order valence-electron chi connectivity index (χ3n) is 4.05. The number of ether oxygens (including phenoxy) is 3. The smallest absolute Gasteiger partial charge is 0.260 e. The number of hydrogen-bond acceptors (Lipinski definition) is 6. The van der Waals surface area contributed by atoms with Gasteiger partial charge >= 0.3 is 0 Å². The minimum atomic E-state index is -0.0381. The Hall–Kier alpha value is -2.83. The van der Waals surface area contributed by atoms with Crippen molar-refractivity contribution in [2.45, 2.75) is 18.9 Å². The van der Waals surface area contributed by atoms with Crippen molar-refractivity contribution in [1.82, 2.24) is 15.1 Å². The minimum absolute atomic E-state index is 0.00391. The topological polar surface area (TPSA) is 73.8 Å². The molecule has 25 heavy (non-hydrogen) atoms. The highest BCUT2D eigenvalue weighted by Crippen LogP contribution is 2.26. The number of benzene rings is 1. The highest BCUT2D eigenvalue weighted by atomic mass is 16.5. The Labute approximate surface area is 146 Å². The van der Waals surface area contributed by atoms with E-state index in [0.717, 1.165) is 12.8 Å². The Morgan fingerprint density at radius 3 is 2.60 bits per heavy atom. The summed E-state index contributed by atoms with van der Waals surface area (Å²) >= 11 is 0. The molecule has 1 amide bonds. The van der Waals surface area contributed by atoms with Crippen LogP contribution in [-0.2, 0) is 4.79 Å². The van der Waals surface area contributed by atoms with E-state index in [2.05, 4.69) is 10.2 Å². The SMILES string of the molecule is COc1ccccc1OCC(=O)N1CCC(Oc2cccnn2)CC1. The van der Waals surface area contributed by atoms with Crippen LogP contribution in [0.15, 0.2) is 42.6 Å². The van der Waals surface area contributed by atoms with E-state index in [1.54, 1.807) is 42.5 Å². The van der Waals surface area contributed by atoms with E-state index in [9.17, 15) is 4.79 Å². The van der Waals surface area contributed by atoms with Gasteiger partial charge in [-0.25, -0.2) is 0 Å². The normalized spacial score (nSPS) is 14.8. The van der Waals surface area contributed by atoms with Gasteiger partial charge in [-0.1, -0.05) is 12.1 Å². The third-order valence-corrected chi connectivity index (χ3v) is 4.05. The van der Waals surface area contributed by atoms with Gasteiger partial charge in [0.2, 0.25) is 5.88 Å². The van der Waals surface area contributed by atoms with E-state index >= 15 is 0 Å². The van der Waals surface area contributed by atoms with Crippen LogP contribution in [0.2, 0.25) is 0 Å². The molecule has 1 aliphatic rings. The summed E-state index contributed by atoms with van der Waals surface area (Å²) in [5.41, 5.74) is 0. The average molecular weight is 343 g/mol. The standard InChI is InChI=1S/C18H21N3O4/c1-23-15-5-2-3-6-16(15)24-13-18(22)21-11-8-14(9-12-21)25-17-7-4-10-19-20-17/h2-7,10,14H,8-9,11-13H2,1H3. The van der Waals surface area contributed by atoms with Crippen molar-refractivity contribution in [2.75, 3.05) is 26.8 Å². The van der Waals surface area contributed by atoms with Gasteiger partial charge in [0.25, 0.3) is 5.91 Å². The Balaban J connectivity index is 1.45. The van der Waals surface area contributed by atoms with Crippen LogP contribution in [0.3, 0.4) is 0 Å². The van der Waals surface area contributed by atoms with E-state index in [0.29, 0.717) is 30.5 Å². The van der Waals surface area contributed by atoms with Crippen LogP contribution in [0.25, 0.3) is 0 Å². The highest BCUT2D eigenvalue weighted by molar-refractivity contribution is 5.78. The van der Waals surface area contributed by atoms with E-state index in [-0.39, 0.29) is 18.6 Å². The number of hydrogen-bond donors (Lipinski definition) is 0. The lowest BCUT2D eigenvalue weighted by atomic mass is 10.1. The number of carbonyl (C=O) groups is 1. The first kappa shape index (κ1) is 17.0. The van der Waals surface area contributed by atoms with Gasteiger partial charge in [0.05, 0.1) is 7.11 Å². The lowest BCUT2D eigenvalue weighted by molar-refractivity contribution is -0.135. The second-order valence-corrected chi connectivity index (χ2v) is 5.70. The number of nitrogens with zero attached hydrogens (tertiary/aromatic N) is 3. The van der Waals surface area contributed by atoms with Gasteiger partial charge in [-0.15, -0.1) is 5.10 Å². The van der Waals surface area contributed by atoms with Gasteiger partial charge in [-0.05, 0) is 18.2 Å². The molecule has 1 aliphatic heterocycles. The molecule has 0 atom stereocenters. The molecule has 0 radical (unpaired) electrons. The Bertz CT molecular complexity index is 688. The zero-order valence-corrected chi connectivity index (χ0v) is 14.1. The van der Waals surface area contributed by atoms with Crippen LogP contribution in [0.1, 0.15) is 12.8 Å². The molecule has 7 heteroatoms. The number of para-hydroxylation sites is 2. The summed E-state index contributed by atoms with van der Waals surface area (Å²) in [7, 11) is 1.58. The molecule has 1 fully saturated rings. The van der Waals surface area contributed by atoms with Crippen molar-refractivity contribution in [2.24, 2.45) is 0 Å². The summed E-state index contributed by atoms with van der Waals surface area (Å²) in [5.74, 6) is 1.67. The molecule has 0 N–H and O–H groups in total. The molecule has 0 spiro atoms. The maximum atomic E-state index is 12.3. The van der Waals surface area contributed by atoms with E-state index in [1.165, 1.54) is 0 Å². The Morgan fingerprint density at radius 2 is 1.92 bits per heavy atom. The van der Waals surface area contributed by atoms with Crippen LogP contribution in [0.4, 0.5) is 0 Å². The van der Waals surface area contributed by atoms with Gasteiger partial charge in [0.1, 0.15) is 6.10 Å². The maximum Gasteiger partial charge on any atom is 0.260 e. The molecule has 2 aromatic rings. The molecule has 0 aliphatic carbocycles. The Kier molecular flexibility index (Phi) is 5.66. The van der Waals surface area contributed by atoms with Crippen molar-refractivity contribution >= 4 is 5.91 Å². The second kappa shape index (κ2) is 8.32. The van der Waals surface area contributed by atoms with Crippen LogP contribution in [0.5, 0.6) is 17.4 Å². The molecule has 0 unspecified atom stereocenters. The zero-order valence-electron chi connectivity index (χ0n) is 14.1. The zero-order chi connectivity index (χ0) is 17.5. The fourth-order valence-corrected chi connectivity index (χ4v) is 2.71. The molecule has 2 heterocycles. The van der Waals surface area contributed by atoms with Gasteiger partial charge < -0.3 is 19.1 Å². The van der Waals surface area contributed by atoms with Crippen LogP contribution < -0.4 is 14.2 Å². The molecular formula is C18H21N3O4. The fourth-order valence-electron chi connectivity index (χ4n) is 2.71. The summed E-state index contributed by atoms with van der Waals surface area (Å²) in [6, 6.07) is 10.9. The summed E-state index contributed by atoms with van der Waals surface area (Å²) in [6.45, 7) is 1.27. The Morgan fingerprint density at radius 1 is 1.16 bits per heavy atom. The number of aromatic nitrogens is 2. The van der Waals surface area contributed by atoms with Crippen LogP contribution in [0, 0.1) is 0 Å². The van der Waals surface area contributed by atoms with Crippen molar-refractivity contribution in [3.8, 4) is 17.4 Å². The molecule has 3 rings (SSSR count). The summed E-state index contributed by atoms with van der Waals surface area (Å²) in [4.78, 5) is 14.1. The van der Waals surface area contributed by atoms with Gasteiger partial charge in [0, 0.05) is 38.2 Å². The van der Waals surface area contributed by atoms with Crippen molar-refractivity contribution in [3.05, 3.63) is 42.6 Å². The lowest BCUT2D eigenvalue weighted by Crippen LogP contribution is -2.43. The molecule has 132 valence electrons. The van der Waals surface area contributed by atoms with Crippen LogP contribution >= 0.6 is 0 Å². The summed E-state index contributed by atoms with van der Waals surface area (Å²) < 4.78 is 16.6. The van der Waals surface area contributed by atoms with Gasteiger partial charge in [-0.2, -0.15) is 5.10 Å². The average Bonchev–Trinajstić information content (AvgIpc) is 2.67. The first-order chi connectivity index (χ1) is 12.3. The maximum absolute atomic E-state index is 12.3. The molecule has 0 saturated carbocycles. The van der Waals surface area contributed by atoms with E-state index in [4.69, 9.17) is 14.2 Å². The number of amides is 1. The largest absolute Gasteiger partial charge is 0.493 e. The predicted molar refractivity (Wildman–Crippen MR) is 90.8 cm³/mol. The van der Waals surface area contributed by atoms with Gasteiger partial charge in [0.15, 0.2) is 18.1 Å². The van der Waals surface area contributed by atoms with Gasteiger partial charge in [-0.3, -0.25) is 4.79 Å². The van der Waals surface area contributed by atoms with E-state index in [1.807, 2.05) is 12.1 Å². The summed E-state index contributed by atoms with van der Waals surface area (Å²) in [5, 5.41) is 7.72. The molecular weight excluding hydrogens is 322 g/mol. The predicted octanol–water partition coefficient (Wildman–Crippen LogP) is 1.93. The minimum Gasteiger partial charge on any atom is -0.493 e. The number of rotatable bonds is 6. The van der Waals surface area contributed by atoms with E-state index < -0.39 is 0 Å². The van der Waals surface area contributed by atoms with Crippen molar-refractivity contribution in [1.29, 1.82) is 0 Å². The number of piperidine rings is 1. The first-order valence-electron chi connectivity index (χ1n) is 8.24. The second-order valence-electron chi connectivity index (χ2n) is 5.70. The fraction of sp³-hybridized carbons (Fsp3) is 0.389. The lowest BCUT2D eigenvalue weighted by Gasteiger charge is -2.31. The third kappa shape index (κ3) is 4.59. The highest BCUT2D eigenvalue weighted by Gasteiger charge is 2.24. The number of likely N-dealkylation sites (tertiary alicyclic amines) is 1. The van der Waals surface area contributed by atoms with Crippen LogP contribution in [-0.4, -0.2) is 53.9 Å². The molecule has 1 aromatic carbocycles. The quantitative estimate of drug-likeness (QED) is 0.798. The number of carbonyl (C=O) groups excluding carboxylic acids is 1. The molecule has 1 aromatic heterocycles.